The quantitative estimate of drug-likeness (QED) is 0.672. The van der Waals surface area contributed by atoms with Crippen LogP contribution >= 0.6 is 0 Å². The lowest BCUT2D eigenvalue weighted by molar-refractivity contribution is 0.0767. The first kappa shape index (κ1) is 18.3. The van der Waals surface area contributed by atoms with Crippen molar-refractivity contribution in [2.75, 3.05) is 19.6 Å². The highest BCUT2D eigenvalue weighted by Crippen LogP contribution is 2.32. The molecule has 1 aromatic heterocycles. The Balaban J connectivity index is 1.38. The average Bonchev–Trinajstić information content (AvgIpc) is 3.11. The van der Waals surface area contributed by atoms with E-state index in [0.29, 0.717) is 17.7 Å². The zero-order valence-corrected chi connectivity index (χ0v) is 16.7. The van der Waals surface area contributed by atoms with Crippen LogP contribution in [0.5, 0.6) is 0 Å². The van der Waals surface area contributed by atoms with Crippen molar-refractivity contribution >= 4 is 16.7 Å². The van der Waals surface area contributed by atoms with Gasteiger partial charge in [-0.2, -0.15) is 0 Å². The van der Waals surface area contributed by atoms with Crippen LogP contribution in [0.1, 0.15) is 35.3 Å². The van der Waals surface area contributed by atoms with Gasteiger partial charge in [-0.25, -0.2) is 0 Å². The maximum Gasteiger partial charge on any atom is 0.272 e. The number of carbonyl (C=O) groups is 1. The summed E-state index contributed by atoms with van der Waals surface area (Å²) in [6, 6.07) is 21.3. The summed E-state index contributed by atoms with van der Waals surface area (Å²) in [5.41, 5.74) is 1.95. The van der Waals surface area contributed by atoms with Crippen molar-refractivity contribution < 1.29 is 4.79 Å². The van der Waals surface area contributed by atoms with Crippen LogP contribution in [-0.4, -0.2) is 46.4 Å². The van der Waals surface area contributed by atoms with Crippen molar-refractivity contribution in [2.45, 2.75) is 31.8 Å². The number of hydrogen-bond donors (Lipinski definition) is 0. The lowest BCUT2D eigenvalue weighted by Gasteiger charge is -2.30. The Kier molecular flexibility index (Phi) is 5.03. The zero-order chi connectivity index (χ0) is 19.6. The normalized spacial score (nSPS) is 22.4. The van der Waals surface area contributed by atoms with Gasteiger partial charge in [-0.3, -0.25) is 14.7 Å². The molecule has 0 N–H and O–H groups in total. The molecule has 2 atom stereocenters. The van der Waals surface area contributed by atoms with Crippen molar-refractivity contribution in [2.24, 2.45) is 5.92 Å². The Morgan fingerprint density at radius 2 is 1.83 bits per heavy atom. The van der Waals surface area contributed by atoms with Gasteiger partial charge in [0.25, 0.3) is 5.91 Å². The number of pyridine rings is 1. The molecule has 2 fully saturated rings. The van der Waals surface area contributed by atoms with Crippen molar-refractivity contribution in [3.8, 4) is 0 Å². The number of amides is 1. The number of nitrogens with zero attached hydrogens (tertiary/aromatic N) is 3. The molecule has 0 radical (unpaired) electrons. The molecule has 0 bridgehead atoms. The van der Waals surface area contributed by atoms with Gasteiger partial charge in [0.05, 0.1) is 0 Å². The number of fused-ring (bicyclic) bond motifs is 2. The van der Waals surface area contributed by atoms with Gasteiger partial charge in [0, 0.05) is 31.9 Å². The first-order valence-electron chi connectivity index (χ1n) is 10.7. The standard InChI is InChI=1S/C25H27N3O/c29-25(23-13-3-5-14-26-23)28-17-21-9-4-6-15-27(24(21)18-28)16-20-11-7-10-19-8-1-2-12-22(19)20/h1-3,5,7-8,10-14,21,24H,4,6,9,15-18H2/t21-,24+/m0/s1. The maximum absolute atomic E-state index is 13.0. The Labute approximate surface area is 172 Å². The van der Waals surface area contributed by atoms with E-state index in [9.17, 15) is 4.79 Å². The Hall–Kier alpha value is -2.72. The van der Waals surface area contributed by atoms with Crippen LogP contribution in [0, 0.1) is 5.92 Å². The minimum absolute atomic E-state index is 0.0729. The third kappa shape index (κ3) is 3.65. The van der Waals surface area contributed by atoms with Gasteiger partial charge in [0.15, 0.2) is 0 Å². The van der Waals surface area contributed by atoms with Crippen molar-refractivity contribution in [1.29, 1.82) is 0 Å². The molecule has 2 aliphatic rings. The molecule has 3 aromatic rings. The average molecular weight is 386 g/mol. The molecular formula is C25H27N3O. The molecule has 0 spiro atoms. The molecule has 29 heavy (non-hydrogen) atoms. The number of benzene rings is 2. The van der Waals surface area contributed by atoms with Gasteiger partial charge < -0.3 is 4.90 Å². The van der Waals surface area contributed by atoms with Crippen LogP contribution in [0.15, 0.2) is 66.9 Å². The molecule has 1 amide bonds. The zero-order valence-electron chi connectivity index (χ0n) is 16.7. The molecule has 2 saturated heterocycles. The highest BCUT2D eigenvalue weighted by atomic mass is 16.2. The molecule has 2 aliphatic heterocycles. The SMILES string of the molecule is O=C(c1ccccn1)N1C[C@@H]2CCCCN(Cc3cccc4ccccc34)[C@@H]2C1. The number of rotatable bonds is 3. The van der Waals surface area contributed by atoms with Gasteiger partial charge >= 0.3 is 0 Å². The fraction of sp³-hybridized carbons (Fsp3) is 0.360. The van der Waals surface area contributed by atoms with Crippen LogP contribution in [0.2, 0.25) is 0 Å². The van der Waals surface area contributed by atoms with E-state index in [1.54, 1.807) is 6.20 Å². The Morgan fingerprint density at radius 1 is 0.966 bits per heavy atom. The van der Waals surface area contributed by atoms with Crippen LogP contribution in [0.25, 0.3) is 10.8 Å². The fourth-order valence-corrected chi connectivity index (χ4v) is 5.10. The molecule has 0 saturated carbocycles. The molecule has 0 unspecified atom stereocenters. The Morgan fingerprint density at radius 3 is 2.72 bits per heavy atom. The predicted molar refractivity (Wildman–Crippen MR) is 116 cm³/mol. The van der Waals surface area contributed by atoms with Crippen molar-refractivity contribution in [3.05, 3.63) is 78.1 Å². The molecule has 0 aliphatic carbocycles. The van der Waals surface area contributed by atoms with Gasteiger partial charge in [0.1, 0.15) is 5.69 Å². The lowest BCUT2D eigenvalue weighted by atomic mass is 9.97. The second-order valence-electron chi connectivity index (χ2n) is 8.36. The van der Waals surface area contributed by atoms with Crippen LogP contribution in [0.3, 0.4) is 0 Å². The molecule has 4 nitrogen and oxygen atoms in total. The fourth-order valence-electron chi connectivity index (χ4n) is 5.10. The number of likely N-dealkylation sites (tertiary alicyclic amines) is 2. The van der Waals surface area contributed by atoms with Gasteiger partial charge in [-0.15, -0.1) is 0 Å². The van der Waals surface area contributed by atoms with Crippen LogP contribution < -0.4 is 0 Å². The summed E-state index contributed by atoms with van der Waals surface area (Å²) in [7, 11) is 0. The molecule has 3 heterocycles. The molecular weight excluding hydrogens is 358 g/mol. The van der Waals surface area contributed by atoms with Crippen molar-refractivity contribution in [1.82, 2.24) is 14.8 Å². The highest BCUT2D eigenvalue weighted by molar-refractivity contribution is 5.92. The topological polar surface area (TPSA) is 36.4 Å². The third-order valence-corrected chi connectivity index (χ3v) is 6.57. The number of carbonyl (C=O) groups excluding carboxylic acids is 1. The summed E-state index contributed by atoms with van der Waals surface area (Å²) in [6.45, 7) is 3.72. The summed E-state index contributed by atoms with van der Waals surface area (Å²) >= 11 is 0. The second-order valence-corrected chi connectivity index (χ2v) is 8.36. The van der Waals surface area contributed by atoms with E-state index in [0.717, 1.165) is 26.2 Å². The van der Waals surface area contributed by atoms with Crippen LogP contribution in [-0.2, 0) is 6.54 Å². The molecule has 4 heteroatoms. The van der Waals surface area contributed by atoms with E-state index in [2.05, 4.69) is 52.3 Å². The molecule has 148 valence electrons. The summed E-state index contributed by atoms with van der Waals surface area (Å²) in [5, 5.41) is 2.64. The number of aromatic nitrogens is 1. The second kappa shape index (κ2) is 7.96. The third-order valence-electron chi connectivity index (χ3n) is 6.57. The predicted octanol–water partition coefficient (Wildman–Crippen LogP) is 4.36. The van der Waals surface area contributed by atoms with E-state index < -0.39 is 0 Å². The van der Waals surface area contributed by atoms with E-state index in [4.69, 9.17) is 0 Å². The van der Waals surface area contributed by atoms with E-state index in [1.165, 1.54) is 35.6 Å². The van der Waals surface area contributed by atoms with Crippen LogP contribution in [0.4, 0.5) is 0 Å². The minimum Gasteiger partial charge on any atom is -0.335 e. The first-order chi connectivity index (χ1) is 14.3. The van der Waals surface area contributed by atoms with E-state index in [1.807, 2.05) is 23.1 Å². The molecule has 5 rings (SSSR count). The van der Waals surface area contributed by atoms with Gasteiger partial charge in [-0.05, 0) is 53.8 Å². The highest BCUT2D eigenvalue weighted by Gasteiger charge is 2.39. The number of hydrogen-bond acceptors (Lipinski definition) is 3. The monoisotopic (exact) mass is 385 g/mol. The smallest absolute Gasteiger partial charge is 0.272 e. The maximum atomic E-state index is 13.0. The first-order valence-corrected chi connectivity index (χ1v) is 10.7. The van der Waals surface area contributed by atoms with Gasteiger partial charge in [-0.1, -0.05) is 55.0 Å². The molecule has 2 aromatic carbocycles. The summed E-state index contributed by atoms with van der Waals surface area (Å²) in [5.74, 6) is 0.629. The summed E-state index contributed by atoms with van der Waals surface area (Å²) in [4.78, 5) is 21.9. The Bertz CT molecular complexity index is 998. The largest absolute Gasteiger partial charge is 0.335 e. The van der Waals surface area contributed by atoms with E-state index >= 15 is 0 Å². The summed E-state index contributed by atoms with van der Waals surface area (Å²) in [6.07, 6.45) is 5.40. The van der Waals surface area contributed by atoms with Crippen molar-refractivity contribution in [3.63, 3.8) is 0 Å². The summed E-state index contributed by atoms with van der Waals surface area (Å²) < 4.78 is 0. The lowest BCUT2D eigenvalue weighted by Crippen LogP contribution is -2.40. The minimum atomic E-state index is 0.0729. The van der Waals surface area contributed by atoms with Gasteiger partial charge in [0.2, 0.25) is 0 Å². The van der Waals surface area contributed by atoms with E-state index in [-0.39, 0.29) is 5.91 Å².